The molecule has 0 aliphatic carbocycles. The molecule has 0 unspecified atom stereocenters. The summed E-state index contributed by atoms with van der Waals surface area (Å²) in [4.78, 5) is 18.9. The molecule has 1 fully saturated rings. The Kier molecular flexibility index (Phi) is 5.40. The zero-order valence-corrected chi connectivity index (χ0v) is 16.3. The summed E-state index contributed by atoms with van der Waals surface area (Å²) in [7, 11) is 0. The Morgan fingerprint density at radius 1 is 1.10 bits per heavy atom. The van der Waals surface area contributed by atoms with Gasteiger partial charge in [0.05, 0.1) is 15.9 Å². The van der Waals surface area contributed by atoms with E-state index in [9.17, 15) is 28.4 Å². The number of piperazine rings is 1. The molecular formula is C21H19F3N4O3. The molecule has 31 heavy (non-hydrogen) atoms. The number of fused-ring (bicyclic) bond motifs is 1. The van der Waals surface area contributed by atoms with Crippen molar-refractivity contribution < 1.29 is 23.2 Å². The molecule has 0 bridgehead atoms. The summed E-state index contributed by atoms with van der Waals surface area (Å²) in [6.07, 6.45) is -2.93. The lowest BCUT2D eigenvalue weighted by Gasteiger charge is -2.36. The minimum atomic E-state index is -4.39. The lowest BCUT2D eigenvalue weighted by molar-refractivity contribution is -0.383. The molecule has 2 aromatic carbocycles. The highest BCUT2D eigenvalue weighted by Gasteiger charge is 2.31. The van der Waals surface area contributed by atoms with Crippen LogP contribution in [0.15, 0.2) is 48.7 Å². The standard InChI is InChI=1S/C21H19F3N4O3/c22-21(23,24)15-3-1-4-16(12-15)27-9-7-26(8-10-27)13-14-11-18(28(30)31)17-5-2-6-25-19(17)20(14)29/h1-6,11-12,29H,7-10,13H2. The number of pyridine rings is 1. The van der Waals surface area contributed by atoms with E-state index in [1.165, 1.54) is 24.4 Å². The summed E-state index contributed by atoms with van der Waals surface area (Å²) in [6, 6.07) is 9.69. The van der Waals surface area contributed by atoms with Gasteiger partial charge in [-0.25, -0.2) is 0 Å². The third-order valence-corrected chi connectivity index (χ3v) is 5.42. The number of nitrogens with zero attached hydrogens (tertiary/aromatic N) is 4. The fourth-order valence-electron chi connectivity index (χ4n) is 3.82. The van der Waals surface area contributed by atoms with Crippen LogP contribution < -0.4 is 4.90 Å². The Labute approximate surface area is 175 Å². The van der Waals surface area contributed by atoms with Gasteiger partial charge in [-0.15, -0.1) is 0 Å². The Morgan fingerprint density at radius 2 is 1.84 bits per heavy atom. The van der Waals surface area contributed by atoms with Gasteiger partial charge in [0.15, 0.2) is 0 Å². The highest BCUT2D eigenvalue weighted by molar-refractivity contribution is 5.93. The van der Waals surface area contributed by atoms with Crippen molar-refractivity contribution in [3.63, 3.8) is 0 Å². The highest BCUT2D eigenvalue weighted by Crippen LogP contribution is 2.35. The molecule has 1 N–H and O–H groups in total. The average molecular weight is 432 g/mol. The second kappa shape index (κ2) is 8.03. The predicted molar refractivity (Wildman–Crippen MR) is 109 cm³/mol. The number of aromatic hydroxyl groups is 1. The van der Waals surface area contributed by atoms with E-state index in [2.05, 4.69) is 4.98 Å². The van der Waals surface area contributed by atoms with E-state index in [0.29, 0.717) is 37.4 Å². The molecule has 1 aliphatic heterocycles. The van der Waals surface area contributed by atoms with Crippen molar-refractivity contribution in [3.05, 3.63) is 69.9 Å². The first-order valence-corrected chi connectivity index (χ1v) is 9.62. The van der Waals surface area contributed by atoms with Crippen LogP contribution in [0.4, 0.5) is 24.5 Å². The first-order chi connectivity index (χ1) is 14.7. The number of phenols is 1. The Morgan fingerprint density at radius 3 is 2.52 bits per heavy atom. The molecule has 2 heterocycles. The maximum Gasteiger partial charge on any atom is 0.416 e. The van der Waals surface area contributed by atoms with Crippen LogP contribution in [0.3, 0.4) is 0 Å². The van der Waals surface area contributed by atoms with Crippen molar-refractivity contribution in [1.29, 1.82) is 0 Å². The van der Waals surface area contributed by atoms with Gasteiger partial charge in [0.25, 0.3) is 5.69 Å². The fourth-order valence-corrected chi connectivity index (χ4v) is 3.82. The Hall–Kier alpha value is -3.40. The molecule has 0 atom stereocenters. The summed E-state index contributed by atoms with van der Waals surface area (Å²) in [6.45, 7) is 2.33. The Bertz CT molecular complexity index is 1130. The quantitative estimate of drug-likeness (QED) is 0.492. The molecular weight excluding hydrogens is 413 g/mol. The summed E-state index contributed by atoms with van der Waals surface area (Å²) in [5, 5.41) is 22.3. The minimum Gasteiger partial charge on any atom is -0.505 e. The molecule has 0 radical (unpaired) electrons. The molecule has 10 heteroatoms. The molecule has 162 valence electrons. The molecule has 0 saturated carbocycles. The molecule has 4 rings (SSSR count). The van der Waals surface area contributed by atoms with E-state index in [-0.39, 0.29) is 28.9 Å². The Balaban J connectivity index is 1.50. The third-order valence-electron chi connectivity index (χ3n) is 5.42. The minimum absolute atomic E-state index is 0.0958. The molecule has 0 amide bonds. The van der Waals surface area contributed by atoms with Gasteiger partial charge in [-0.3, -0.25) is 20.0 Å². The van der Waals surface area contributed by atoms with Crippen molar-refractivity contribution in [3.8, 4) is 5.75 Å². The van der Waals surface area contributed by atoms with E-state index < -0.39 is 16.7 Å². The van der Waals surface area contributed by atoms with Crippen molar-refractivity contribution in [2.45, 2.75) is 12.7 Å². The van der Waals surface area contributed by atoms with Crippen LogP contribution in [-0.4, -0.2) is 46.1 Å². The van der Waals surface area contributed by atoms with E-state index in [1.54, 1.807) is 12.1 Å². The number of alkyl halides is 3. The number of anilines is 1. The van der Waals surface area contributed by atoms with Crippen LogP contribution in [0.25, 0.3) is 10.9 Å². The predicted octanol–water partition coefficient (Wildman–Crippen LogP) is 4.19. The second-order valence-corrected chi connectivity index (χ2v) is 7.37. The van der Waals surface area contributed by atoms with Crippen LogP contribution in [0.1, 0.15) is 11.1 Å². The number of benzene rings is 2. The SMILES string of the molecule is O=[N+]([O-])c1cc(CN2CCN(c3cccc(C(F)(F)F)c3)CC2)c(O)c2ncccc12. The van der Waals surface area contributed by atoms with Gasteiger partial charge < -0.3 is 10.0 Å². The van der Waals surface area contributed by atoms with Crippen molar-refractivity contribution in [2.75, 3.05) is 31.1 Å². The fraction of sp³-hybridized carbons (Fsp3) is 0.286. The zero-order valence-electron chi connectivity index (χ0n) is 16.3. The second-order valence-electron chi connectivity index (χ2n) is 7.37. The van der Waals surface area contributed by atoms with Crippen LogP contribution in [-0.2, 0) is 12.7 Å². The number of nitro benzene ring substituents is 1. The molecule has 1 saturated heterocycles. The number of non-ortho nitro benzene ring substituents is 1. The summed E-state index contributed by atoms with van der Waals surface area (Å²) in [5.74, 6) is -0.0958. The van der Waals surface area contributed by atoms with Gasteiger partial charge in [-0.2, -0.15) is 13.2 Å². The third kappa shape index (κ3) is 4.24. The van der Waals surface area contributed by atoms with Gasteiger partial charge in [0.2, 0.25) is 0 Å². The zero-order chi connectivity index (χ0) is 22.2. The largest absolute Gasteiger partial charge is 0.505 e. The normalized spacial score (nSPS) is 15.4. The topological polar surface area (TPSA) is 82.7 Å². The van der Waals surface area contributed by atoms with Crippen molar-refractivity contribution >= 4 is 22.3 Å². The first-order valence-electron chi connectivity index (χ1n) is 9.62. The number of nitro groups is 1. The average Bonchev–Trinajstić information content (AvgIpc) is 2.75. The van der Waals surface area contributed by atoms with E-state index in [0.717, 1.165) is 12.1 Å². The van der Waals surface area contributed by atoms with Crippen LogP contribution in [0, 0.1) is 10.1 Å². The van der Waals surface area contributed by atoms with E-state index in [1.807, 2.05) is 9.80 Å². The number of rotatable bonds is 4. The lowest BCUT2D eigenvalue weighted by atomic mass is 10.1. The molecule has 3 aromatic rings. The highest BCUT2D eigenvalue weighted by atomic mass is 19.4. The van der Waals surface area contributed by atoms with Crippen LogP contribution >= 0.6 is 0 Å². The molecule has 1 aliphatic rings. The van der Waals surface area contributed by atoms with Gasteiger partial charge in [-0.1, -0.05) is 6.07 Å². The summed E-state index contributed by atoms with van der Waals surface area (Å²) < 4.78 is 38.9. The maximum absolute atomic E-state index is 13.0. The van der Waals surface area contributed by atoms with Gasteiger partial charge >= 0.3 is 6.18 Å². The van der Waals surface area contributed by atoms with E-state index in [4.69, 9.17) is 0 Å². The smallest absolute Gasteiger partial charge is 0.416 e. The number of aromatic nitrogens is 1. The summed E-state index contributed by atoms with van der Waals surface area (Å²) >= 11 is 0. The molecule has 0 spiro atoms. The molecule has 7 nitrogen and oxygen atoms in total. The van der Waals surface area contributed by atoms with Crippen LogP contribution in [0.5, 0.6) is 5.75 Å². The maximum atomic E-state index is 13.0. The first kappa shape index (κ1) is 20.9. The van der Waals surface area contributed by atoms with Gasteiger partial charge in [0, 0.05) is 56.2 Å². The van der Waals surface area contributed by atoms with Crippen molar-refractivity contribution in [1.82, 2.24) is 9.88 Å². The number of halogens is 3. The number of hydrogen-bond donors (Lipinski definition) is 1. The van der Waals surface area contributed by atoms with E-state index >= 15 is 0 Å². The van der Waals surface area contributed by atoms with Gasteiger partial charge in [-0.05, 0) is 30.3 Å². The van der Waals surface area contributed by atoms with Crippen molar-refractivity contribution in [2.24, 2.45) is 0 Å². The number of hydrogen-bond acceptors (Lipinski definition) is 6. The van der Waals surface area contributed by atoms with Gasteiger partial charge in [0.1, 0.15) is 11.3 Å². The summed E-state index contributed by atoms with van der Waals surface area (Å²) in [5.41, 5.74) is 0.259. The number of phenolic OH excluding ortho intramolecular Hbond substituents is 1. The van der Waals surface area contributed by atoms with Crippen LogP contribution in [0.2, 0.25) is 0 Å². The monoisotopic (exact) mass is 432 g/mol. The lowest BCUT2D eigenvalue weighted by Crippen LogP contribution is -2.46. The molecule has 1 aromatic heterocycles.